The van der Waals surface area contributed by atoms with Crippen molar-refractivity contribution < 1.29 is 14.0 Å². The number of nitrogens with one attached hydrogen (secondary N) is 1. The molecule has 25 heavy (non-hydrogen) atoms. The van der Waals surface area contributed by atoms with E-state index in [1.807, 2.05) is 26.0 Å². The molecule has 0 saturated carbocycles. The second-order valence-corrected chi connectivity index (χ2v) is 7.45. The van der Waals surface area contributed by atoms with Gasteiger partial charge in [-0.15, -0.1) is 0 Å². The van der Waals surface area contributed by atoms with Gasteiger partial charge in [-0.05, 0) is 68.8 Å². The minimum absolute atomic E-state index is 0.00126. The van der Waals surface area contributed by atoms with E-state index in [0.29, 0.717) is 12.5 Å². The van der Waals surface area contributed by atoms with Gasteiger partial charge >= 0.3 is 0 Å². The molecular weight excluding hydrogens is 319 g/mol. The maximum Gasteiger partial charge on any atom is 0.234 e. The van der Waals surface area contributed by atoms with E-state index in [4.69, 9.17) is 0 Å². The summed E-state index contributed by atoms with van der Waals surface area (Å²) in [6.45, 7) is 7.50. The van der Waals surface area contributed by atoms with Crippen molar-refractivity contribution in [1.29, 1.82) is 0 Å². The fraction of sp³-hybridized carbons (Fsp3) is 0.600. The van der Waals surface area contributed by atoms with Gasteiger partial charge in [-0.1, -0.05) is 26.0 Å². The Bertz CT molecular complexity index is 578. The number of Topliss-reactive ketones (excluding diaryl/α,β-unsaturated/α-hetero) is 1. The summed E-state index contributed by atoms with van der Waals surface area (Å²) in [5.41, 5.74) is 1.17. The average Bonchev–Trinajstić information content (AvgIpc) is 2.56. The highest BCUT2D eigenvalue weighted by Crippen LogP contribution is 2.21. The van der Waals surface area contributed by atoms with Gasteiger partial charge in [0, 0.05) is 0 Å². The van der Waals surface area contributed by atoms with Crippen LogP contribution >= 0.6 is 0 Å². The molecule has 0 radical (unpaired) electrons. The maximum absolute atomic E-state index is 13.0. The highest BCUT2D eigenvalue weighted by atomic mass is 19.1. The molecule has 1 aromatic rings. The molecule has 1 heterocycles. The Labute approximate surface area is 149 Å². The Hall–Kier alpha value is -1.75. The van der Waals surface area contributed by atoms with Gasteiger partial charge in [0.1, 0.15) is 5.82 Å². The number of halogens is 1. The first-order chi connectivity index (χ1) is 11.8. The molecule has 1 fully saturated rings. The van der Waals surface area contributed by atoms with E-state index in [2.05, 4.69) is 10.2 Å². The molecule has 1 atom stereocenters. The van der Waals surface area contributed by atoms with Crippen LogP contribution < -0.4 is 5.32 Å². The van der Waals surface area contributed by atoms with E-state index in [1.54, 1.807) is 0 Å². The van der Waals surface area contributed by atoms with Crippen LogP contribution in [0, 0.1) is 17.7 Å². The highest BCUT2D eigenvalue weighted by Gasteiger charge is 2.24. The Morgan fingerprint density at radius 3 is 2.32 bits per heavy atom. The zero-order chi connectivity index (χ0) is 18.4. The number of benzene rings is 1. The molecule has 1 saturated heterocycles. The van der Waals surface area contributed by atoms with Crippen LogP contribution in [0.25, 0.3) is 0 Å². The summed E-state index contributed by atoms with van der Waals surface area (Å²) in [5, 5.41) is 2.85. The molecule has 1 aliphatic rings. The predicted octanol–water partition coefficient (Wildman–Crippen LogP) is 2.81. The van der Waals surface area contributed by atoms with Crippen LogP contribution in [0.2, 0.25) is 0 Å². The van der Waals surface area contributed by atoms with Crippen molar-refractivity contribution in [3.63, 3.8) is 0 Å². The van der Waals surface area contributed by atoms with Crippen molar-refractivity contribution >= 4 is 11.7 Å². The molecule has 0 aromatic heterocycles. The molecule has 0 aliphatic carbocycles. The monoisotopic (exact) mass is 348 g/mol. The van der Waals surface area contributed by atoms with Gasteiger partial charge in [0.25, 0.3) is 0 Å². The van der Waals surface area contributed by atoms with Crippen LogP contribution in [-0.2, 0) is 16.0 Å². The number of piperidine rings is 1. The Morgan fingerprint density at radius 2 is 1.80 bits per heavy atom. The lowest BCUT2D eigenvalue weighted by Gasteiger charge is -2.32. The second kappa shape index (κ2) is 9.09. The van der Waals surface area contributed by atoms with Crippen molar-refractivity contribution in [2.45, 2.75) is 46.1 Å². The van der Waals surface area contributed by atoms with E-state index in [9.17, 15) is 14.0 Å². The molecule has 1 unspecified atom stereocenters. The van der Waals surface area contributed by atoms with Gasteiger partial charge in [0.05, 0.1) is 12.6 Å². The molecule has 2 rings (SSSR count). The largest absolute Gasteiger partial charge is 0.345 e. The van der Waals surface area contributed by atoms with Crippen LogP contribution in [0.5, 0.6) is 0 Å². The minimum atomic E-state index is -0.400. The van der Waals surface area contributed by atoms with Gasteiger partial charge in [-0.25, -0.2) is 4.39 Å². The van der Waals surface area contributed by atoms with Gasteiger partial charge in [0.15, 0.2) is 5.78 Å². The number of ketones is 1. The average molecular weight is 348 g/mol. The molecular formula is C20H29FN2O2. The van der Waals surface area contributed by atoms with Gasteiger partial charge in [-0.2, -0.15) is 0 Å². The van der Waals surface area contributed by atoms with Gasteiger partial charge in [-0.3, -0.25) is 14.5 Å². The molecule has 5 heteroatoms. The lowest BCUT2D eigenvalue weighted by Crippen LogP contribution is -2.48. The fourth-order valence-corrected chi connectivity index (χ4v) is 3.46. The van der Waals surface area contributed by atoms with Gasteiger partial charge < -0.3 is 5.32 Å². The summed E-state index contributed by atoms with van der Waals surface area (Å²) in [6.07, 6.45) is 3.02. The lowest BCUT2D eigenvalue weighted by atomic mass is 9.90. The van der Waals surface area contributed by atoms with Gasteiger partial charge in [0.2, 0.25) is 5.91 Å². The van der Waals surface area contributed by atoms with Crippen LogP contribution in [0.4, 0.5) is 4.39 Å². The molecule has 0 bridgehead atoms. The highest BCUT2D eigenvalue weighted by molar-refractivity contribution is 5.88. The SMILES string of the molecule is CC(=O)C(NC(=O)CN1CCC(Cc2ccc(F)cc2)CC1)C(C)C. The van der Waals surface area contributed by atoms with E-state index in [0.717, 1.165) is 32.4 Å². The first-order valence-corrected chi connectivity index (χ1v) is 9.11. The first-order valence-electron chi connectivity index (χ1n) is 9.11. The quantitative estimate of drug-likeness (QED) is 0.824. The van der Waals surface area contributed by atoms with E-state index in [1.165, 1.54) is 24.6 Å². The van der Waals surface area contributed by atoms with Crippen molar-refractivity contribution in [3.05, 3.63) is 35.6 Å². The topological polar surface area (TPSA) is 49.4 Å². The van der Waals surface area contributed by atoms with Crippen molar-refractivity contribution in [3.8, 4) is 0 Å². The molecule has 4 nitrogen and oxygen atoms in total. The number of rotatable bonds is 7. The Balaban J connectivity index is 1.75. The fourth-order valence-electron chi connectivity index (χ4n) is 3.46. The number of hydrogen-bond acceptors (Lipinski definition) is 3. The summed E-state index contributed by atoms with van der Waals surface area (Å²) in [7, 11) is 0. The molecule has 1 aliphatic heterocycles. The molecule has 0 spiro atoms. The summed E-state index contributed by atoms with van der Waals surface area (Å²) in [4.78, 5) is 25.9. The minimum Gasteiger partial charge on any atom is -0.345 e. The van der Waals surface area contributed by atoms with E-state index in [-0.39, 0.29) is 23.4 Å². The third-order valence-electron chi connectivity index (χ3n) is 4.93. The predicted molar refractivity (Wildman–Crippen MR) is 96.7 cm³/mol. The van der Waals surface area contributed by atoms with Crippen molar-refractivity contribution in [2.24, 2.45) is 11.8 Å². The standard InChI is InChI=1S/C20H29FN2O2/c1-14(2)20(15(3)24)22-19(25)13-23-10-8-17(9-11-23)12-16-4-6-18(21)7-5-16/h4-7,14,17,20H,8-13H2,1-3H3,(H,22,25). The zero-order valence-electron chi connectivity index (χ0n) is 15.4. The van der Waals surface area contributed by atoms with Crippen LogP contribution in [-0.4, -0.2) is 42.3 Å². The Kier molecular flexibility index (Phi) is 7.12. The first kappa shape index (κ1) is 19.6. The third kappa shape index (κ3) is 6.24. The summed E-state index contributed by atoms with van der Waals surface area (Å²) >= 11 is 0. The molecule has 1 amide bonds. The molecule has 138 valence electrons. The normalized spacial score (nSPS) is 17.5. The Morgan fingerprint density at radius 1 is 1.20 bits per heavy atom. The second-order valence-electron chi connectivity index (χ2n) is 7.45. The number of hydrogen-bond donors (Lipinski definition) is 1. The number of amides is 1. The maximum atomic E-state index is 13.0. The summed E-state index contributed by atoms with van der Waals surface area (Å²) < 4.78 is 13.0. The zero-order valence-corrected chi connectivity index (χ0v) is 15.4. The van der Waals surface area contributed by atoms with Crippen LogP contribution in [0.15, 0.2) is 24.3 Å². The molecule has 1 aromatic carbocycles. The molecule has 1 N–H and O–H groups in total. The number of carbonyl (C=O) groups is 2. The smallest absolute Gasteiger partial charge is 0.234 e. The lowest BCUT2D eigenvalue weighted by molar-refractivity contribution is -0.128. The van der Waals surface area contributed by atoms with Crippen LogP contribution in [0.3, 0.4) is 0 Å². The third-order valence-corrected chi connectivity index (χ3v) is 4.93. The summed E-state index contributed by atoms with van der Waals surface area (Å²) in [5.74, 6) is 0.399. The number of carbonyl (C=O) groups excluding carboxylic acids is 2. The number of nitrogens with zero attached hydrogens (tertiary/aromatic N) is 1. The van der Waals surface area contributed by atoms with Crippen LogP contribution in [0.1, 0.15) is 39.2 Å². The summed E-state index contributed by atoms with van der Waals surface area (Å²) in [6, 6.07) is 6.32. The van der Waals surface area contributed by atoms with Crippen molar-refractivity contribution in [2.75, 3.05) is 19.6 Å². The van der Waals surface area contributed by atoms with Crippen molar-refractivity contribution in [1.82, 2.24) is 10.2 Å². The van der Waals surface area contributed by atoms with E-state index < -0.39 is 6.04 Å². The number of likely N-dealkylation sites (tertiary alicyclic amines) is 1. The van der Waals surface area contributed by atoms with E-state index >= 15 is 0 Å².